The molecule has 7 heteroatoms. The summed E-state index contributed by atoms with van der Waals surface area (Å²) in [6.45, 7) is 4.51. The Morgan fingerprint density at radius 1 is 1.17 bits per heavy atom. The summed E-state index contributed by atoms with van der Waals surface area (Å²) in [6.07, 6.45) is 2.23. The second-order valence-corrected chi connectivity index (χ2v) is 7.30. The first-order valence-electron chi connectivity index (χ1n) is 10.0. The standard InChI is InChI=1S/C23H24FN3O3/c1-16-2-4-17(5-3-16)21-15-25-23(30-21)9-8-22(28)26-18-6-7-20(19(24)14-18)27-10-12-29-13-11-27/h2-7,14-15H,8-13H2,1H3,(H,26,28). The van der Waals surface area contributed by atoms with Gasteiger partial charge in [-0.05, 0) is 25.1 Å². The van der Waals surface area contributed by atoms with Crippen molar-refractivity contribution in [3.63, 3.8) is 0 Å². The number of benzene rings is 2. The molecule has 0 spiro atoms. The highest BCUT2D eigenvalue weighted by Gasteiger charge is 2.16. The number of oxazole rings is 1. The topological polar surface area (TPSA) is 67.6 Å². The molecule has 0 radical (unpaired) electrons. The van der Waals surface area contributed by atoms with Crippen molar-refractivity contribution in [2.45, 2.75) is 19.8 Å². The Balaban J connectivity index is 1.32. The lowest BCUT2D eigenvalue weighted by atomic mass is 10.1. The van der Waals surface area contributed by atoms with Crippen molar-refractivity contribution in [1.82, 2.24) is 4.98 Å². The first-order valence-corrected chi connectivity index (χ1v) is 10.0. The number of nitrogens with zero attached hydrogens (tertiary/aromatic N) is 2. The van der Waals surface area contributed by atoms with Crippen LogP contribution in [0.5, 0.6) is 0 Å². The molecule has 1 aliphatic heterocycles. The van der Waals surface area contributed by atoms with Crippen molar-refractivity contribution >= 4 is 17.3 Å². The molecule has 4 rings (SSSR count). The van der Waals surface area contributed by atoms with E-state index >= 15 is 0 Å². The molecule has 1 aliphatic rings. The quantitative estimate of drug-likeness (QED) is 0.661. The van der Waals surface area contributed by atoms with Crippen LogP contribution in [0.1, 0.15) is 17.9 Å². The van der Waals surface area contributed by atoms with Crippen LogP contribution >= 0.6 is 0 Å². The van der Waals surface area contributed by atoms with Gasteiger partial charge in [0.1, 0.15) is 5.82 Å². The Bertz CT molecular complexity index is 1010. The first-order chi connectivity index (χ1) is 14.6. The number of hydrogen-bond donors (Lipinski definition) is 1. The fourth-order valence-electron chi connectivity index (χ4n) is 3.37. The molecule has 1 aromatic heterocycles. The average molecular weight is 409 g/mol. The van der Waals surface area contributed by atoms with E-state index in [1.54, 1.807) is 18.3 Å². The van der Waals surface area contributed by atoms with Crippen molar-refractivity contribution in [2.75, 3.05) is 36.5 Å². The summed E-state index contributed by atoms with van der Waals surface area (Å²) in [6, 6.07) is 12.7. The van der Waals surface area contributed by atoms with Crippen LogP contribution in [0.25, 0.3) is 11.3 Å². The van der Waals surface area contributed by atoms with Crippen LogP contribution in [0, 0.1) is 12.7 Å². The normalized spacial score (nSPS) is 14.0. The van der Waals surface area contributed by atoms with Crippen molar-refractivity contribution in [2.24, 2.45) is 0 Å². The van der Waals surface area contributed by atoms with Crippen LogP contribution in [0.3, 0.4) is 0 Å². The van der Waals surface area contributed by atoms with E-state index in [0.29, 0.717) is 55.7 Å². The van der Waals surface area contributed by atoms with Crippen LogP contribution in [-0.2, 0) is 16.0 Å². The maximum Gasteiger partial charge on any atom is 0.224 e. The molecule has 0 bridgehead atoms. The zero-order valence-corrected chi connectivity index (χ0v) is 16.9. The highest BCUT2D eigenvalue weighted by atomic mass is 19.1. The van der Waals surface area contributed by atoms with Crippen LogP contribution in [-0.4, -0.2) is 37.2 Å². The largest absolute Gasteiger partial charge is 0.441 e. The van der Waals surface area contributed by atoms with E-state index in [0.717, 1.165) is 5.56 Å². The minimum absolute atomic E-state index is 0.195. The number of aryl methyl sites for hydroxylation is 2. The Kier molecular flexibility index (Phi) is 6.09. The molecule has 30 heavy (non-hydrogen) atoms. The van der Waals surface area contributed by atoms with E-state index in [1.807, 2.05) is 36.1 Å². The lowest BCUT2D eigenvalue weighted by Crippen LogP contribution is -2.36. The Morgan fingerprint density at radius 2 is 1.93 bits per heavy atom. The second-order valence-electron chi connectivity index (χ2n) is 7.30. The van der Waals surface area contributed by atoms with Gasteiger partial charge in [0.25, 0.3) is 0 Å². The molecule has 0 unspecified atom stereocenters. The van der Waals surface area contributed by atoms with E-state index in [9.17, 15) is 9.18 Å². The third-order valence-electron chi connectivity index (χ3n) is 5.04. The van der Waals surface area contributed by atoms with Crippen LogP contribution in [0.2, 0.25) is 0 Å². The maximum atomic E-state index is 14.5. The van der Waals surface area contributed by atoms with Gasteiger partial charge >= 0.3 is 0 Å². The molecular weight excluding hydrogens is 385 g/mol. The number of halogens is 1. The first kappa shape index (κ1) is 20.1. The number of rotatable bonds is 6. The van der Waals surface area contributed by atoms with E-state index in [2.05, 4.69) is 10.3 Å². The SMILES string of the molecule is Cc1ccc(-c2cnc(CCC(=O)Nc3ccc(N4CCOCC4)c(F)c3)o2)cc1. The van der Waals surface area contributed by atoms with Gasteiger partial charge in [-0.25, -0.2) is 9.37 Å². The van der Waals surface area contributed by atoms with Gasteiger partial charge in [0.2, 0.25) is 5.91 Å². The van der Waals surface area contributed by atoms with Gasteiger partial charge in [-0.1, -0.05) is 29.8 Å². The summed E-state index contributed by atoms with van der Waals surface area (Å²) in [5.41, 5.74) is 3.08. The summed E-state index contributed by atoms with van der Waals surface area (Å²) in [7, 11) is 0. The minimum atomic E-state index is -0.356. The summed E-state index contributed by atoms with van der Waals surface area (Å²) in [4.78, 5) is 18.5. The fraction of sp³-hybridized carbons (Fsp3) is 0.304. The zero-order valence-electron chi connectivity index (χ0n) is 16.9. The van der Waals surface area contributed by atoms with Crippen molar-refractivity contribution in [3.8, 4) is 11.3 Å². The van der Waals surface area contributed by atoms with Gasteiger partial charge in [-0.15, -0.1) is 0 Å². The van der Waals surface area contributed by atoms with Gasteiger partial charge in [-0.2, -0.15) is 0 Å². The molecule has 1 amide bonds. The van der Waals surface area contributed by atoms with Gasteiger partial charge in [-0.3, -0.25) is 4.79 Å². The van der Waals surface area contributed by atoms with E-state index in [4.69, 9.17) is 9.15 Å². The number of hydrogen-bond acceptors (Lipinski definition) is 5. The number of carbonyl (C=O) groups is 1. The summed E-state index contributed by atoms with van der Waals surface area (Å²) < 4.78 is 25.5. The van der Waals surface area contributed by atoms with Crippen LogP contribution < -0.4 is 10.2 Å². The molecule has 3 aromatic rings. The number of anilines is 2. The monoisotopic (exact) mass is 409 g/mol. The number of carbonyl (C=O) groups excluding carboxylic acids is 1. The van der Waals surface area contributed by atoms with E-state index in [1.165, 1.54) is 11.6 Å². The number of nitrogens with one attached hydrogen (secondary N) is 1. The molecule has 156 valence electrons. The van der Waals surface area contributed by atoms with Crippen LogP contribution in [0.4, 0.5) is 15.8 Å². The maximum absolute atomic E-state index is 14.5. The minimum Gasteiger partial charge on any atom is -0.441 e. The highest BCUT2D eigenvalue weighted by molar-refractivity contribution is 5.91. The number of aromatic nitrogens is 1. The molecule has 1 fully saturated rings. The molecule has 0 aliphatic carbocycles. The highest BCUT2D eigenvalue weighted by Crippen LogP contribution is 2.24. The van der Waals surface area contributed by atoms with Crippen molar-refractivity contribution < 1.29 is 18.3 Å². The number of amides is 1. The predicted octanol–water partition coefficient (Wildman–Crippen LogP) is 4.20. The van der Waals surface area contributed by atoms with Crippen molar-refractivity contribution in [3.05, 3.63) is 65.9 Å². The van der Waals surface area contributed by atoms with Gasteiger partial charge < -0.3 is 19.4 Å². The third kappa shape index (κ3) is 4.86. The van der Waals surface area contributed by atoms with Gasteiger partial charge in [0.05, 0.1) is 25.1 Å². The van der Waals surface area contributed by atoms with E-state index < -0.39 is 0 Å². The third-order valence-corrected chi connectivity index (χ3v) is 5.04. The molecule has 0 saturated carbocycles. The van der Waals surface area contributed by atoms with E-state index in [-0.39, 0.29) is 18.1 Å². The predicted molar refractivity (Wildman–Crippen MR) is 113 cm³/mol. The Morgan fingerprint density at radius 3 is 2.67 bits per heavy atom. The Hall–Kier alpha value is -3.19. The molecular formula is C23H24FN3O3. The average Bonchev–Trinajstić information content (AvgIpc) is 3.23. The molecule has 1 N–H and O–H groups in total. The summed E-state index contributed by atoms with van der Waals surface area (Å²) in [5, 5.41) is 2.74. The summed E-state index contributed by atoms with van der Waals surface area (Å²) >= 11 is 0. The molecule has 2 heterocycles. The second kappa shape index (κ2) is 9.09. The lowest BCUT2D eigenvalue weighted by Gasteiger charge is -2.29. The smallest absolute Gasteiger partial charge is 0.224 e. The molecule has 0 atom stereocenters. The molecule has 2 aromatic carbocycles. The Labute approximate surface area is 174 Å². The summed E-state index contributed by atoms with van der Waals surface area (Å²) in [5.74, 6) is 0.592. The van der Waals surface area contributed by atoms with Crippen LogP contribution in [0.15, 0.2) is 53.1 Å². The number of ether oxygens (including phenoxy) is 1. The molecule has 6 nitrogen and oxygen atoms in total. The van der Waals surface area contributed by atoms with Crippen molar-refractivity contribution in [1.29, 1.82) is 0 Å². The zero-order chi connectivity index (χ0) is 20.9. The van der Waals surface area contributed by atoms with Gasteiger partial charge in [0, 0.05) is 37.2 Å². The lowest BCUT2D eigenvalue weighted by molar-refractivity contribution is -0.116. The van der Waals surface area contributed by atoms with Gasteiger partial charge in [0.15, 0.2) is 11.7 Å². The molecule has 1 saturated heterocycles. The fourth-order valence-corrected chi connectivity index (χ4v) is 3.37. The number of morpholine rings is 1.